The van der Waals surface area contributed by atoms with Crippen molar-refractivity contribution >= 4 is 17.5 Å². The lowest BCUT2D eigenvalue weighted by atomic mass is 9.95. The van der Waals surface area contributed by atoms with Gasteiger partial charge in [-0.15, -0.1) is 0 Å². The molecule has 0 aliphatic carbocycles. The van der Waals surface area contributed by atoms with E-state index in [1.165, 1.54) is 0 Å². The van der Waals surface area contributed by atoms with Crippen LogP contribution in [0.1, 0.15) is 49.0 Å². The lowest BCUT2D eigenvalue weighted by Crippen LogP contribution is -2.48. The molecule has 2 N–H and O–H groups in total. The van der Waals surface area contributed by atoms with Crippen LogP contribution in [0, 0.1) is 0 Å². The van der Waals surface area contributed by atoms with E-state index in [-0.39, 0.29) is 17.9 Å². The first-order valence-corrected chi connectivity index (χ1v) is 7.82. The molecule has 0 radical (unpaired) electrons. The van der Waals surface area contributed by atoms with Gasteiger partial charge in [0.25, 0.3) is 5.91 Å². The number of aryl methyl sites for hydroxylation is 1. The molecule has 1 unspecified atom stereocenters. The van der Waals surface area contributed by atoms with Gasteiger partial charge in [-0.3, -0.25) is 9.59 Å². The molecule has 0 bridgehead atoms. The molecule has 22 heavy (non-hydrogen) atoms. The molecule has 2 amide bonds. The third-order valence-electron chi connectivity index (χ3n) is 4.58. The van der Waals surface area contributed by atoms with Crippen LogP contribution in [0.25, 0.3) is 0 Å². The van der Waals surface area contributed by atoms with E-state index >= 15 is 0 Å². The smallest absolute Gasteiger partial charge is 0.254 e. The van der Waals surface area contributed by atoms with Gasteiger partial charge >= 0.3 is 0 Å². The minimum atomic E-state index is -0.895. The number of fused-ring (bicyclic) bond motifs is 1. The average molecular weight is 302 g/mol. The normalized spacial score (nSPS) is 21.5. The van der Waals surface area contributed by atoms with E-state index in [1.807, 2.05) is 6.07 Å². The number of rotatable bonds is 2. The fourth-order valence-corrected chi connectivity index (χ4v) is 3.43. The first-order valence-electron chi connectivity index (χ1n) is 7.82. The van der Waals surface area contributed by atoms with Crippen LogP contribution in [0.15, 0.2) is 18.2 Å². The molecule has 1 atom stereocenters. The van der Waals surface area contributed by atoms with E-state index in [0.29, 0.717) is 24.9 Å². The number of hydrogen-bond donors (Lipinski definition) is 2. The lowest BCUT2D eigenvalue weighted by Gasteiger charge is -2.34. The van der Waals surface area contributed by atoms with Gasteiger partial charge in [-0.1, -0.05) is 0 Å². The number of amides is 2. The molecule has 2 aliphatic heterocycles. The molecule has 2 aliphatic rings. The summed E-state index contributed by atoms with van der Waals surface area (Å²) in [6, 6.07) is 5.29. The van der Waals surface area contributed by atoms with Crippen molar-refractivity contribution in [2.45, 2.75) is 51.2 Å². The van der Waals surface area contributed by atoms with Crippen molar-refractivity contribution in [3.63, 3.8) is 0 Å². The summed E-state index contributed by atoms with van der Waals surface area (Å²) in [5.41, 5.74) is 1.54. The molecule has 5 nitrogen and oxygen atoms in total. The number of aliphatic hydroxyl groups is 1. The predicted octanol–water partition coefficient (Wildman–Crippen LogP) is 1.95. The summed E-state index contributed by atoms with van der Waals surface area (Å²) >= 11 is 0. The maximum atomic E-state index is 12.8. The maximum absolute atomic E-state index is 12.8. The van der Waals surface area contributed by atoms with Crippen LogP contribution in [0.4, 0.5) is 5.69 Å². The van der Waals surface area contributed by atoms with Gasteiger partial charge in [0, 0.05) is 24.2 Å². The van der Waals surface area contributed by atoms with E-state index < -0.39 is 5.60 Å². The summed E-state index contributed by atoms with van der Waals surface area (Å²) in [5.74, 6) is -0.0162. The summed E-state index contributed by atoms with van der Waals surface area (Å²) in [7, 11) is 0. The second kappa shape index (κ2) is 5.39. The molecule has 1 aromatic rings. The van der Waals surface area contributed by atoms with E-state index in [0.717, 1.165) is 24.1 Å². The Bertz CT molecular complexity index is 619. The Morgan fingerprint density at radius 3 is 2.86 bits per heavy atom. The van der Waals surface area contributed by atoms with Gasteiger partial charge in [-0.2, -0.15) is 0 Å². The molecule has 118 valence electrons. The average Bonchev–Trinajstić information content (AvgIpc) is 2.95. The van der Waals surface area contributed by atoms with Gasteiger partial charge in [-0.25, -0.2) is 0 Å². The number of hydrogen-bond acceptors (Lipinski definition) is 3. The molecule has 1 fully saturated rings. The Hall–Kier alpha value is -1.88. The van der Waals surface area contributed by atoms with Gasteiger partial charge < -0.3 is 15.3 Å². The Kier molecular flexibility index (Phi) is 3.68. The highest BCUT2D eigenvalue weighted by molar-refractivity contribution is 5.98. The second-order valence-corrected chi connectivity index (χ2v) is 6.73. The lowest BCUT2D eigenvalue weighted by molar-refractivity contribution is -0.116. The van der Waals surface area contributed by atoms with Crippen LogP contribution >= 0.6 is 0 Å². The predicted molar refractivity (Wildman–Crippen MR) is 83.7 cm³/mol. The van der Waals surface area contributed by atoms with Crippen molar-refractivity contribution in [2.75, 3.05) is 11.9 Å². The maximum Gasteiger partial charge on any atom is 0.254 e. The quantitative estimate of drug-likeness (QED) is 0.877. The van der Waals surface area contributed by atoms with Crippen molar-refractivity contribution < 1.29 is 14.7 Å². The number of nitrogens with one attached hydrogen (secondary N) is 1. The summed E-state index contributed by atoms with van der Waals surface area (Å²) in [6.45, 7) is 4.19. The number of nitrogens with zero attached hydrogens (tertiary/aromatic N) is 1. The molecular formula is C17H22N2O3. The van der Waals surface area contributed by atoms with E-state index in [2.05, 4.69) is 5.32 Å². The Balaban J connectivity index is 1.85. The first kappa shape index (κ1) is 15.0. The van der Waals surface area contributed by atoms with Crippen LogP contribution in [0.2, 0.25) is 0 Å². The van der Waals surface area contributed by atoms with Crippen LogP contribution in [-0.2, 0) is 11.2 Å². The van der Waals surface area contributed by atoms with E-state index in [4.69, 9.17) is 0 Å². The van der Waals surface area contributed by atoms with Crippen LogP contribution in [0.5, 0.6) is 0 Å². The SMILES string of the molecule is CC(C)(O)C1CCCN1C(=O)c1ccc2c(c1)CCC(=O)N2. The minimum absolute atomic E-state index is 0.0215. The third kappa shape index (κ3) is 2.73. The van der Waals surface area contributed by atoms with Gasteiger partial charge in [0.1, 0.15) is 0 Å². The largest absolute Gasteiger partial charge is 0.388 e. The fraction of sp³-hybridized carbons (Fsp3) is 0.529. The zero-order valence-electron chi connectivity index (χ0n) is 13.1. The Labute approximate surface area is 130 Å². The summed E-state index contributed by atoms with van der Waals surface area (Å²) in [4.78, 5) is 26.0. The van der Waals surface area contributed by atoms with E-state index in [9.17, 15) is 14.7 Å². The van der Waals surface area contributed by atoms with Crippen molar-refractivity contribution in [1.29, 1.82) is 0 Å². The molecule has 3 rings (SSSR count). The zero-order valence-corrected chi connectivity index (χ0v) is 13.1. The van der Waals surface area contributed by atoms with Crippen molar-refractivity contribution in [3.05, 3.63) is 29.3 Å². The molecule has 0 saturated carbocycles. The molecular weight excluding hydrogens is 280 g/mol. The Morgan fingerprint density at radius 1 is 1.36 bits per heavy atom. The molecule has 0 aromatic heterocycles. The van der Waals surface area contributed by atoms with Crippen molar-refractivity contribution in [3.8, 4) is 0 Å². The standard InChI is InChI=1S/C17H22N2O3/c1-17(2,22)14-4-3-9-19(14)16(21)12-5-7-13-11(10-12)6-8-15(20)18-13/h5,7,10,14,22H,3-4,6,8-9H2,1-2H3,(H,18,20). The van der Waals surface area contributed by atoms with Crippen molar-refractivity contribution in [1.82, 2.24) is 4.90 Å². The second-order valence-electron chi connectivity index (χ2n) is 6.73. The Morgan fingerprint density at radius 2 is 2.14 bits per heavy atom. The minimum Gasteiger partial charge on any atom is -0.388 e. The topological polar surface area (TPSA) is 69.6 Å². The summed E-state index contributed by atoms with van der Waals surface area (Å²) in [6.07, 6.45) is 2.87. The fourth-order valence-electron chi connectivity index (χ4n) is 3.43. The highest BCUT2D eigenvalue weighted by atomic mass is 16.3. The number of anilines is 1. The third-order valence-corrected chi connectivity index (χ3v) is 4.58. The number of carbonyl (C=O) groups excluding carboxylic acids is 2. The van der Waals surface area contributed by atoms with Crippen LogP contribution < -0.4 is 5.32 Å². The summed E-state index contributed by atoms with van der Waals surface area (Å²) < 4.78 is 0. The summed E-state index contributed by atoms with van der Waals surface area (Å²) in [5, 5.41) is 13.1. The van der Waals surface area contributed by atoms with Crippen LogP contribution in [-0.4, -0.2) is 40.0 Å². The van der Waals surface area contributed by atoms with Gasteiger partial charge in [0.2, 0.25) is 5.91 Å². The number of likely N-dealkylation sites (tertiary alicyclic amines) is 1. The molecule has 1 aromatic carbocycles. The molecule has 2 heterocycles. The van der Waals surface area contributed by atoms with Gasteiger partial charge in [0.15, 0.2) is 0 Å². The van der Waals surface area contributed by atoms with Gasteiger partial charge in [-0.05, 0) is 56.9 Å². The molecule has 0 spiro atoms. The van der Waals surface area contributed by atoms with E-state index in [1.54, 1.807) is 30.9 Å². The molecule has 5 heteroatoms. The van der Waals surface area contributed by atoms with Crippen molar-refractivity contribution in [2.24, 2.45) is 0 Å². The first-order chi connectivity index (χ1) is 10.4. The highest BCUT2D eigenvalue weighted by Crippen LogP contribution is 2.30. The van der Waals surface area contributed by atoms with Gasteiger partial charge in [0.05, 0.1) is 11.6 Å². The highest BCUT2D eigenvalue weighted by Gasteiger charge is 2.38. The number of benzene rings is 1. The number of carbonyl (C=O) groups is 2. The zero-order chi connectivity index (χ0) is 15.9. The molecule has 1 saturated heterocycles. The monoisotopic (exact) mass is 302 g/mol. The van der Waals surface area contributed by atoms with Crippen LogP contribution in [0.3, 0.4) is 0 Å².